The molecule has 0 aliphatic carbocycles. The molecule has 0 saturated heterocycles. The highest BCUT2D eigenvalue weighted by Crippen LogP contribution is 2.33. The molecule has 3 nitrogen and oxygen atoms in total. The fraction of sp³-hybridized carbons (Fsp3) is 0.222. The van der Waals surface area contributed by atoms with Crippen LogP contribution in [0.5, 0.6) is 5.75 Å². The van der Waals surface area contributed by atoms with Crippen molar-refractivity contribution in [2.24, 2.45) is 0 Å². The van der Waals surface area contributed by atoms with Crippen LogP contribution in [-0.4, -0.2) is 18.0 Å². The molecule has 1 aliphatic rings. The second-order valence-electron chi connectivity index (χ2n) is 2.80. The predicted molar refractivity (Wildman–Crippen MR) is 53.2 cm³/mol. The van der Waals surface area contributed by atoms with Crippen molar-refractivity contribution in [3.8, 4) is 5.75 Å². The van der Waals surface area contributed by atoms with Gasteiger partial charge in [-0.1, -0.05) is 12.1 Å². The van der Waals surface area contributed by atoms with Crippen LogP contribution in [0, 0.1) is 0 Å². The van der Waals surface area contributed by atoms with Crippen LogP contribution in [0.25, 0.3) is 0 Å². The summed E-state index contributed by atoms with van der Waals surface area (Å²) in [5.74, 6) is 0.644. The highest BCUT2D eigenvalue weighted by Gasteiger charge is 2.29. The minimum Gasteiger partial charge on any atom is -0.467 e. The second kappa shape index (κ2) is 3.03. The lowest BCUT2D eigenvalue weighted by Gasteiger charge is -2.28. The Morgan fingerprint density at radius 3 is 2.92 bits per heavy atom. The summed E-state index contributed by atoms with van der Waals surface area (Å²) in [7, 11) is 1.73. The fourth-order valence-electron chi connectivity index (χ4n) is 1.27. The molecule has 0 radical (unpaired) electrons. The summed E-state index contributed by atoms with van der Waals surface area (Å²) in [5, 5.41) is -0.563. The zero-order valence-corrected chi connectivity index (χ0v) is 8.61. The molecule has 0 saturated carbocycles. The zero-order valence-electron chi connectivity index (χ0n) is 7.03. The number of anilines is 1. The minimum atomic E-state index is -0.563. The first kappa shape index (κ1) is 8.56. The largest absolute Gasteiger partial charge is 0.467 e. The third-order valence-corrected chi connectivity index (χ3v) is 2.56. The van der Waals surface area contributed by atoms with E-state index in [-0.39, 0.29) is 5.91 Å². The first-order valence-corrected chi connectivity index (χ1v) is 4.79. The standard InChI is InChI=1S/C9H8BrNO2/c1-11-6-4-2-3-5-7(6)13-8(10)9(11)12/h2-5,8H,1H3. The van der Waals surface area contributed by atoms with Crippen LogP contribution in [0.4, 0.5) is 5.69 Å². The van der Waals surface area contributed by atoms with Crippen molar-refractivity contribution in [2.45, 2.75) is 5.01 Å². The maximum absolute atomic E-state index is 11.4. The van der Waals surface area contributed by atoms with Gasteiger partial charge in [0, 0.05) is 7.05 Å². The SMILES string of the molecule is CN1C(=O)C(Br)Oc2ccccc21. The highest BCUT2D eigenvalue weighted by atomic mass is 79.9. The quantitative estimate of drug-likeness (QED) is 0.649. The summed E-state index contributed by atoms with van der Waals surface area (Å²) in [4.78, 5) is 13.0. The molecule has 0 aromatic heterocycles. The van der Waals surface area contributed by atoms with E-state index in [0.29, 0.717) is 0 Å². The maximum atomic E-state index is 11.4. The first-order chi connectivity index (χ1) is 6.20. The molecule has 4 heteroatoms. The molecule has 13 heavy (non-hydrogen) atoms. The van der Waals surface area contributed by atoms with Gasteiger partial charge in [-0.2, -0.15) is 0 Å². The molecule has 1 atom stereocenters. The summed E-state index contributed by atoms with van der Waals surface area (Å²) < 4.78 is 5.34. The van der Waals surface area contributed by atoms with Crippen molar-refractivity contribution in [3.63, 3.8) is 0 Å². The Balaban J connectivity index is 2.49. The number of hydrogen-bond donors (Lipinski definition) is 0. The van der Waals surface area contributed by atoms with E-state index in [9.17, 15) is 4.79 Å². The lowest BCUT2D eigenvalue weighted by Crippen LogP contribution is -2.40. The van der Waals surface area contributed by atoms with Gasteiger partial charge in [0.05, 0.1) is 5.69 Å². The Kier molecular flexibility index (Phi) is 2.00. The molecule has 68 valence electrons. The molecule has 0 fully saturated rings. The number of hydrogen-bond acceptors (Lipinski definition) is 2. The average Bonchev–Trinajstić information content (AvgIpc) is 2.15. The number of fused-ring (bicyclic) bond motifs is 1. The molecule has 1 amide bonds. The van der Waals surface area contributed by atoms with Crippen molar-refractivity contribution < 1.29 is 9.53 Å². The van der Waals surface area contributed by atoms with Gasteiger partial charge in [-0.3, -0.25) is 4.79 Å². The van der Waals surface area contributed by atoms with Gasteiger partial charge < -0.3 is 9.64 Å². The molecule has 1 unspecified atom stereocenters. The molecule has 1 heterocycles. The zero-order chi connectivity index (χ0) is 9.42. The number of para-hydroxylation sites is 2. The number of rotatable bonds is 0. The van der Waals surface area contributed by atoms with Crippen molar-refractivity contribution in [2.75, 3.05) is 11.9 Å². The van der Waals surface area contributed by atoms with E-state index in [2.05, 4.69) is 15.9 Å². The topological polar surface area (TPSA) is 29.5 Å². The Morgan fingerprint density at radius 2 is 2.15 bits per heavy atom. The summed E-state index contributed by atoms with van der Waals surface area (Å²) in [6.45, 7) is 0. The van der Waals surface area contributed by atoms with Gasteiger partial charge in [-0.25, -0.2) is 0 Å². The summed E-state index contributed by atoms with van der Waals surface area (Å²) >= 11 is 3.15. The van der Waals surface area contributed by atoms with Crippen LogP contribution in [0.2, 0.25) is 0 Å². The Hall–Kier alpha value is -1.03. The van der Waals surface area contributed by atoms with Crippen LogP contribution in [0.15, 0.2) is 24.3 Å². The van der Waals surface area contributed by atoms with Crippen molar-refractivity contribution in [1.82, 2.24) is 0 Å². The molecule has 1 aromatic carbocycles. The molecular weight excluding hydrogens is 234 g/mol. The molecule has 0 N–H and O–H groups in total. The van der Waals surface area contributed by atoms with Crippen molar-refractivity contribution >= 4 is 27.5 Å². The lowest BCUT2D eigenvalue weighted by molar-refractivity contribution is -0.122. The Labute approximate surface area is 84.4 Å². The smallest absolute Gasteiger partial charge is 0.279 e. The van der Waals surface area contributed by atoms with E-state index in [1.54, 1.807) is 11.9 Å². The van der Waals surface area contributed by atoms with Gasteiger partial charge in [-0.15, -0.1) is 0 Å². The van der Waals surface area contributed by atoms with Gasteiger partial charge >= 0.3 is 0 Å². The van der Waals surface area contributed by atoms with E-state index in [0.717, 1.165) is 11.4 Å². The van der Waals surface area contributed by atoms with Crippen molar-refractivity contribution in [3.05, 3.63) is 24.3 Å². The lowest BCUT2D eigenvalue weighted by atomic mass is 10.2. The summed E-state index contributed by atoms with van der Waals surface area (Å²) in [6, 6.07) is 7.45. The van der Waals surface area contributed by atoms with E-state index in [4.69, 9.17) is 4.74 Å². The average molecular weight is 242 g/mol. The summed E-state index contributed by atoms with van der Waals surface area (Å²) in [5.41, 5.74) is 0.809. The normalized spacial score (nSPS) is 20.9. The van der Waals surface area contributed by atoms with E-state index < -0.39 is 5.01 Å². The molecule has 1 aromatic rings. The number of likely N-dealkylation sites (N-methyl/N-ethyl adjacent to an activating group) is 1. The van der Waals surface area contributed by atoms with Crippen LogP contribution in [0.1, 0.15) is 0 Å². The number of ether oxygens (including phenoxy) is 1. The number of alkyl halides is 1. The molecule has 0 spiro atoms. The number of nitrogens with zero attached hydrogens (tertiary/aromatic N) is 1. The van der Waals surface area contributed by atoms with E-state index >= 15 is 0 Å². The fourth-order valence-corrected chi connectivity index (χ4v) is 1.78. The Morgan fingerprint density at radius 1 is 1.46 bits per heavy atom. The number of carbonyl (C=O) groups is 1. The first-order valence-electron chi connectivity index (χ1n) is 3.87. The van der Waals surface area contributed by atoms with Gasteiger partial charge in [0.2, 0.25) is 5.01 Å². The van der Waals surface area contributed by atoms with Crippen LogP contribution < -0.4 is 9.64 Å². The highest BCUT2D eigenvalue weighted by molar-refractivity contribution is 9.09. The second-order valence-corrected chi connectivity index (χ2v) is 3.63. The van der Waals surface area contributed by atoms with Gasteiger partial charge in [0.15, 0.2) is 0 Å². The van der Waals surface area contributed by atoms with Crippen LogP contribution in [0.3, 0.4) is 0 Å². The molecule has 2 rings (SSSR count). The Bertz CT molecular complexity index is 353. The van der Waals surface area contributed by atoms with Crippen molar-refractivity contribution in [1.29, 1.82) is 0 Å². The number of carbonyl (C=O) groups excluding carboxylic acids is 1. The predicted octanol–water partition coefficient (Wildman–Crippen LogP) is 1.76. The number of halogens is 1. The van der Waals surface area contributed by atoms with Crippen LogP contribution in [-0.2, 0) is 4.79 Å². The minimum absolute atomic E-state index is 0.0845. The summed E-state index contributed by atoms with van der Waals surface area (Å²) in [6.07, 6.45) is 0. The third-order valence-electron chi connectivity index (χ3n) is 1.98. The molecule has 1 aliphatic heterocycles. The van der Waals surface area contributed by atoms with Gasteiger partial charge in [0.25, 0.3) is 5.91 Å². The third kappa shape index (κ3) is 1.31. The van der Waals surface area contributed by atoms with Gasteiger partial charge in [-0.05, 0) is 28.1 Å². The van der Waals surface area contributed by atoms with E-state index in [1.165, 1.54) is 0 Å². The molecule has 0 bridgehead atoms. The van der Waals surface area contributed by atoms with Crippen LogP contribution >= 0.6 is 15.9 Å². The van der Waals surface area contributed by atoms with E-state index in [1.807, 2.05) is 24.3 Å². The maximum Gasteiger partial charge on any atom is 0.279 e. The number of amides is 1. The number of benzene rings is 1. The van der Waals surface area contributed by atoms with Gasteiger partial charge in [0.1, 0.15) is 5.75 Å². The molecular formula is C9H8BrNO2. The monoisotopic (exact) mass is 241 g/mol.